The Morgan fingerprint density at radius 3 is 2.50 bits per heavy atom. The Morgan fingerprint density at radius 2 is 1.92 bits per heavy atom. The van der Waals surface area contributed by atoms with Gasteiger partial charge < -0.3 is 9.84 Å². The van der Waals surface area contributed by atoms with Crippen LogP contribution in [0.4, 0.5) is 4.79 Å². The molecule has 1 aliphatic rings. The van der Waals surface area contributed by atoms with E-state index < -0.39 is 23.4 Å². The highest BCUT2D eigenvalue weighted by atomic mass is 16.5. The smallest absolute Gasteiger partial charge is 0.331 e. The van der Waals surface area contributed by atoms with E-state index in [2.05, 4.69) is 5.32 Å². The van der Waals surface area contributed by atoms with Gasteiger partial charge >= 0.3 is 6.03 Å². The fraction of sp³-hybridized carbons (Fsp3) is 0.353. The van der Waals surface area contributed by atoms with E-state index in [0.717, 1.165) is 4.90 Å². The van der Waals surface area contributed by atoms with E-state index in [-0.39, 0.29) is 17.1 Å². The molecule has 1 aromatic carbocycles. The molecule has 128 valence electrons. The minimum Gasteiger partial charge on any atom is -0.504 e. The second kappa shape index (κ2) is 6.35. The van der Waals surface area contributed by atoms with Gasteiger partial charge in [0.05, 0.1) is 6.61 Å². The van der Waals surface area contributed by atoms with Crippen LogP contribution in [0.25, 0.3) is 6.08 Å². The summed E-state index contributed by atoms with van der Waals surface area (Å²) in [5.41, 5.74) is -0.428. The molecule has 4 amide bonds. The molecule has 7 heteroatoms. The molecule has 24 heavy (non-hydrogen) atoms. The molecule has 1 aliphatic heterocycles. The summed E-state index contributed by atoms with van der Waals surface area (Å²) in [6, 6.07) is 3.73. The Morgan fingerprint density at radius 1 is 1.25 bits per heavy atom. The Balaban J connectivity index is 2.44. The van der Waals surface area contributed by atoms with Crippen LogP contribution in [-0.4, -0.2) is 40.0 Å². The number of phenols is 1. The molecule has 0 saturated carbocycles. The molecular formula is C17H20N2O5. The molecule has 0 aliphatic carbocycles. The Hall–Kier alpha value is -2.83. The number of imide groups is 2. The summed E-state index contributed by atoms with van der Waals surface area (Å²) in [6.07, 6.45) is 1.37. The quantitative estimate of drug-likeness (QED) is 0.652. The Bertz CT molecular complexity index is 731. The fourth-order valence-electron chi connectivity index (χ4n) is 2.32. The number of urea groups is 1. The molecule has 1 heterocycles. The average Bonchev–Trinajstić information content (AvgIpc) is 2.45. The molecule has 0 spiro atoms. The van der Waals surface area contributed by atoms with Crippen LogP contribution >= 0.6 is 0 Å². The normalized spacial score (nSPS) is 17.2. The molecule has 0 atom stereocenters. The standard InChI is InChI=1S/C17H20N2O5/c1-5-24-13-9-10(6-7-12(13)20)8-11-14(21)18-16(23)19(15(11)22)17(2,3)4/h6-9,20H,5H2,1-4H3,(H,18,21,23)/b11-8-. The highest BCUT2D eigenvalue weighted by Crippen LogP contribution is 2.29. The maximum absolute atomic E-state index is 12.6. The lowest BCUT2D eigenvalue weighted by molar-refractivity contribution is -0.133. The third-order valence-corrected chi connectivity index (χ3v) is 3.37. The van der Waals surface area contributed by atoms with Crippen LogP contribution in [0.15, 0.2) is 23.8 Å². The first kappa shape index (κ1) is 17.5. The van der Waals surface area contributed by atoms with E-state index in [0.29, 0.717) is 12.2 Å². The number of aromatic hydroxyl groups is 1. The number of barbiturate groups is 1. The van der Waals surface area contributed by atoms with Crippen LogP contribution in [0.1, 0.15) is 33.3 Å². The van der Waals surface area contributed by atoms with Crippen molar-refractivity contribution in [1.29, 1.82) is 0 Å². The van der Waals surface area contributed by atoms with Crippen molar-refractivity contribution in [2.24, 2.45) is 0 Å². The molecule has 7 nitrogen and oxygen atoms in total. The number of phenolic OH excluding ortho intramolecular Hbond substituents is 1. The minimum absolute atomic E-state index is 0.0371. The number of rotatable bonds is 3. The van der Waals surface area contributed by atoms with Gasteiger partial charge in [-0.2, -0.15) is 0 Å². The number of nitrogens with one attached hydrogen (secondary N) is 1. The third kappa shape index (κ3) is 3.40. The van der Waals surface area contributed by atoms with Crippen LogP contribution in [0, 0.1) is 0 Å². The van der Waals surface area contributed by atoms with E-state index >= 15 is 0 Å². The van der Waals surface area contributed by atoms with E-state index in [1.165, 1.54) is 18.2 Å². The number of carbonyl (C=O) groups excluding carboxylic acids is 3. The van der Waals surface area contributed by atoms with Crippen LogP contribution in [-0.2, 0) is 9.59 Å². The van der Waals surface area contributed by atoms with E-state index in [1.54, 1.807) is 33.8 Å². The van der Waals surface area contributed by atoms with Gasteiger partial charge in [0.2, 0.25) is 0 Å². The largest absolute Gasteiger partial charge is 0.504 e. The molecular weight excluding hydrogens is 312 g/mol. The lowest BCUT2D eigenvalue weighted by Crippen LogP contribution is -2.60. The Labute approximate surface area is 139 Å². The maximum Gasteiger partial charge on any atom is 0.331 e. The van der Waals surface area contributed by atoms with Crippen molar-refractivity contribution >= 4 is 23.9 Å². The Kier molecular flexibility index (Phi) is 4.64. The summed E-state index contributed by atoms with van der Waals surface area (Å²) in [5.74, 6) is -1.21. The SMILES string of the molecule is CCOc1cc(/C=C2/C(=O)NC(=O)N(C(C)(C)C)C2=O)ccc1O. The predicted octanol–water partition coefficient (Wildman–Crippen LogP) is 2.05. The van der Waals surface area contributed by atoms with Gasteiger partial charge in [0.15, 0.2) is 11.5 Å². The van der Waals surface area contributed by atoms with Gasteiger partial charge in [0.25, 0.3) is 11.8 Å². The molecule has 0 bridgehead atoms. The monoisotopic (exact) mass is 332 g/mol. The van der Waals surface area contributed by atoms with Crippen molar-refractivity contribution < 1.29 is 24.2 Å². The zero-order valence-electron chi connectivity index (χ0n) is 14.0. The van der Waals surface area contributed by atoms with Crippen molar-refractivity contribution in [3.8, 4) is 11.5 Å². The lowest BCUT2D eigenvalue weighted by atomic mass is 10.0. The van der Waals surface area contributed by atoms with Crippen LogP contribution in [0.3, 0.4) is 0 Å². The molecule has 1 aromatic rings. The highest BCUT2D eigenvalue weighted by molar-refractivity contribution is 6.31. The number of amides is 4. The summed E-state index contributed by atoms with van der Waals surface area (Å²) in [6.45, 7) is 7.23. The second-order valence-corrected chi connectivity index (χ2v) is 6.29. The van der Waals surface area contributed by atoms with Gasteiger partial charge in [-0.15, -0.1) is 0 Å². The molecule has 1 fully saturated rings. The average molecular weight is 332 g/mol. The topological polar surface area (TPSA) is 95.9 Å². The number of ether oxygens (including phenoxy) is 1. The first-order chi connectivity index (χ1) is 11.1. The number of nitrogens with zero attached hydrogens (tertiary/aromatic N) is 1. The van der Waals surface area contributed by atoms with Gasteiger partial charge in [-0.25, -0.2) is 4.79 Å². The molecule has 0 radical (unpaired) electrons. The third-order valence-electron chi connectivity index (χ3n) is 3.37. The first-order valence-electron chi connectivity index (χ1n) is 7.52. The summed E-state index contributed by atoms with van der Waals surface area (Å²) < 4.78 is 5.28. The minimum atomic E-state index is -0.771. The van der Waals surface area contributed by atoms with Crippen molar-refractivity contribution in [3.05, 3.63) is 29.3 Å². The highest BCUT2D eigenvalue weighted by Gasteiger charge is 2.41. The first-order valence-corrected chi connectivity index (χ1v) is 7.52. The summed E-state index contributed by atoms with van der Waals surface area (Å²) >= 11 is 0. The van der Waals surface area contributed by atoms with Crippen LogP contribution in [0.2, 0.25) is 0 Å². The zero-order valence-corrected chi connectivity index (χ0v) is 14.0. The molecule has 0 unspecified atom stereocenters. The van der Waals surface area contributed by atoms with Gasteiger partial charge in [-0.05, 0) is 51.5 Å². The number of hydrogen-bond acceptors (Lipinski definition) is 5. The van der Waals surface area contributed by atoms with E-state index in [1.807, 2.05) is 0 Å². The lowest BCUT2D eigenvalue weighted by Gasteiger charge is -2.36. The fourth-order valence-corrected chi connectivity index (χ4v) is 2.32. The summed E-state index contributed by atoms with van der Waals surface area (Å²) in [4.78, 5) is 37.6. The molecule has 2 rings (SSSR count). The van der Waals surface area contributed by atoms with Gasteiger partial charge in [0.1, 0.15) is 5.57 Å². The van der Waals surface area contributed by atoms with Gasteiger partial charge in [-0.3, -0.25) is 19.8 Å². The second-order valence-electron chi connectivity index (χ2n) is 6.29. The van der Waals surface area contributed by atoms with Crippen LogP contribution < -0.4 is 10.1 Å². The summed E-state index contributed by atoms with van der Waals surface area (Å²) in [5, 5.41) is 11.9. The van der Waals surface area contributed by atoms with Gasteiger partial charge in [0, 0.05) is 5.54 Å². The number of hydrogen-bond donors (Lipinski definition) is 2. The van der Waals surface area contributed by atoms with Crippen molar-refractivity contribution in [2.45, 2.75) is 33.2 Å². The van der Waals surface area contributed by atoms with Crippen molar-refractivity contribution in [2.75, 3.05) is 6.61 Å². The van der Waals surface area contributed by atoms with Crippen molar-refractivity contribution in [3.63, 3.8) is 0 Å². The number of benzene rings is 1. The van der Waals surface area contributed by atoms with E-state index in [4.69, 9.17) is 4.74 Å². The molecule has 1 saturated heterocycles. The van der Waals surface area contributed by atoms with Crippen LogP contribution in [0.5, 0.6) is 11.5 Å². The predicted molar refractivity (Wildman–Crippen MR) is 87.4 cm³/mol. The van der Waals surface area contributed by atoms with Crippen molar-refractivity contribution in [1.82, 2.24) is 10.2 Å². The molecule has 2 N–H and O–H groups in total. The zero-order chi connectivity index (χ0) is 18.1. The summed E-state index contributed by atoms with van der Waals surface area (Å²) in [7, 11) is 0. The molecule has 0 aromatic heterocycles. The van der Waals surface area contributed by atoms with Gasteiger partial charge in [-0.1, -0.05) is 6.07 Å². The maximum atomic E-state index is 12.6. The number of carbonyl (C=O) groups is 3. The van der Waals surface area contributed by atoms with E-state index in [9.17, 15) is 19.5 Å².